The average molecular weight is 331 g/mol. The van der Waals surface area contributed by atoms with Gasteiger partial charge >= 0.3 is 5.97 Å². The summed E-state index contributed by atoms with van der Waals surface area (Å²) in [4.78, 5) is 11.9. The normalized spacial score (nSPS) is 16.6. The quantitative estimate of drug-likeness (QED) is 0.456. The maximum absolute atomic E-state index is 11.9. The minimum absolute atomic E-state index is 0.00476. The molecule has 0 spiro atoms. The van der Waals surface area contributed by atoms with Crippen molar-refractivity contribution in [1.29, 1.82) is 0 Å². The van der Waals surface area contributed by atoms with Crippen LogP contribution in [0.4, 0.5) is 0 Å². The molecule has 0 aromatic carbocycles. The Morgan fingerprint density at radius 1 is 1.18 bits per heavy atom. The smallest absolute Gasteiger partial charge is 0.338 e. The van der Waals surface area contributed by atoms with Crippen LogP contribution >= 0.6 is 0 Å². The lowest BCUT2D eigenvalue weighted by atomic mass is 9.95. The van der Waals surface area contributed by atoms with Crippen molar-refractivity contribution in [2.24, 2.45) is 5.41 Å². The van der Waals surface area contributed by atoms with Gasteiger partial charge in [0.15, 0.2) is 14.4 Å². The Kier molecular flexibility index (Phi) is 7.52. The van der Waals surface area contributed by atoms with Crippen LogP contribution in [0.2, 0.25) is 18.1 Å². The fraction of sp³-hybridized carbons (Fsp3) is 0.824. The Labute approximate surface area is 137 Å². The highest BCUT2D eigenvalue weighted by Gasteiger charge is 2.41. The van der Waals surface area contributed by atoms with Crippen molar-refractivity contribution in [2.45, 2.75) is 78.8 Å². The number of hydrogen-bond donors (Lipinski definition) is 1. The first-order chi connectivity index (χ1) is 9.71. The van der Waals surface area contributed by atoms with Crippen LogP contribution in [0.1, 0.15) is 48.5 Å². The Morgan fingerprint density at radius 2 is 1.68 bits per heavy atom. The Morgan fingerprint density at radius 3 is 2.05 bits per heavy atom. The standard InChI is InChI=1S/C17H34O4Si/c1-10-20-15(19)14(18)13(11-12-16(2,3)4)21-22(8,9)17(5,6)7/h11-14,18H,10H2,1-9H3/b12-11-/t13-,14+/m1/s1. The van der Waals surface area contributed by atoms with Crippen LogP contribution in [0, 0.1) is 5.41 Å². The summed E-state index contributed by atoms with van der Waals surface area (Å²) in [5.74, 6) is -0.634. The lowest BCUT2D eigenvalue weighted by molar-refractivity contribution is -0.156. The van der Waals surface area contributed by atoms with Gasteiger partial charge in [0.2, 0.25) is 0 Å². The molecule has 4 nitrogen and oxygen atoms in total. The Balaban J connectivity index is 5.35. The average Bonchev–Trinajstić information content (AvgIpc) is 2.31. The fourth-order valence-corrected chi connectivity index (χ4v) is 2.71. The molecule has 0 rings (SSSR count). The van der Waals surface area contributed by atoms with Gasteiger partial charge in [-0.15, -0.1) is 0 Å². The van der Waals surface area contributed by atoms with Gasteiger partial charge in [-0.1, -0.05) is 53.7 Å². The van der Waals surface area contributed by atoms with Crippen molar-refractivity contribution in [3.8, 4) is 0 Å². The molecule has 0 saturated carbocycles. The van der Waals surface area contributed by atoms with E-state index in [4.69, 9.17) is 9.16 Å². The molecule has 0 bridgehead atoms. The summed E-state index contributed by atoms with van der Waals surface area (Å²) < 4.78 is 11.2. The van der Waals surface area contributed by atoms with Crippen molar-refractivity contribution < 1.29 is 19.1 Å². The van der Waals surface area contributed by atoms with Gasteiger partial charge in [0.1, 0.15) is 6.10 Å². The third-order valence-electron chi connectivity index (χ3n) is 3.86. The zero-order valence-electron chi connectivity index (χ0n) is 15.7. The van der Waals surface area contributed by atoms with Gasteiger partial charge in [-0.05, 0) is 30.5 Å². The number of allylic oxidation sites excluding steroid dienone is 1. The van der Waals surface area contributed by atoms with Crippen molar-refractivity contribution in [3.63, 3.8) is 0 Å². The van der Waals surface area contributed by atoms with Gasteiger partial charge in [0.25, 0.3) is 0 Å². The molecule has 0 amide bonds. The van der Waals surface area contributed by atoms with Gasteiger partial charge in [0.05, 0.1) is 6.61 Å². The molecule has 130 valence electrons. The summed E-state index contributed by atoms with van der Waals surface area (Å²) in [7, 11) is -2.11. The molecule has 2 atom stereocenters. The summed E-state index contributed by atoms with van der Waals surface area (Å²) in [5.41, 5.74) is -0.0522. The van der Waals surface area contributed by atoms with Crippen LogP contribution in [-0.2, 0) is 14.0 Å². The second-order valence-corrected chi connectivity index (χ2v) is 13.0. The third-order valence-corrected chi connectivity index (χ3v) is 8.34. The predicted molar refractivity (Wildman–Crippen MR) is 93.3 cm³/mol. The molecule has 22 heavy (non-hydrogen) atoms. The number of hydrogen-bond acceptors (Lipinski definition) is 4. The van der Waals surface area contributed by atoms with E-state index in [-0.39, 0.29) is 17.1 Å². The Hall–Kier alpha value is -0.653. The van der Waals surface area contributed by atoms with Crippen molar-refractivity contribution in [1.82, 2.24) is 0 Å². The monoisotopic (exact) mass is 330 g/mol. The van der Waals surface area contributed by atoms with Gasteiger partial charge in [0, 0.05) is 0 Å². The molecule has 0 aliphatic rings. The topological polar surface area (TPSA) is 55.8 Å². The second-order valence-electron chi connectivity index (χ2n) is 8.26. The maximum atomic E-state index is 11.9. The van der Waals surface area contributed by atoms with E-state index in [0.717, 1.165) is 0 Å². The minimum Gasteiger partial charge on any atom is -0.464 e. The van der Waals surface area contributed by atoms with E-state index in [9.17, 15) is 9.90 Å². The zero-order chi connectivity index (χ0) is 17.8. The highest BCUT2D eigenvalue weighted by molar-refractivity contribution is 6.74. The first kappa shape index (κ1) is 21.3. The van der Waals surface area contributed by atoms with Crippen LogP contribution in [0.25, 0.3) is 0 Å². The van der Waals surface area contributed by atoms with Gasteiger partial charge in [-0.3, -0.25) is 0 Å². The third kappa shape index (κ3) is 7.07. The lowest BCUT2D eigenvalue weighted by Gasteiger charge is -2.39. The van der Waals surface area contributed by atoms with Gasteiger partial charge in [-0.2, -0.15) is 0 Å². The SMILES string of the molecule is CCOC(=O)[C@@H](O)[C@@H](/C=C\C(C)(C)C)O[Si](C)(C)C(C)(C)C. The van der Waals surface area contributed by atoms with E-state index < -0.39 is 26.5 Å². The lowest BCUT2D eigenvalue weighted by Crippen LogP contribution is -2.48. The molecule has 0 heterocycles. The molecule has 1 N–H and O–H groups in total. The summed E-state index contributed by atoms with van der Waals surface area (Å²) in [6.07, 6.45) is 1.78. The molecule has 0 fully saturated rings. The van der Waals surface area contributed by atoms with Gasteiger partial charge in [-0.25, -0.2) is 4.79 Å². The van der Waals surface area contributed by atoms with Crippen LogP contribution < -0.4 is 0 Å². The number of rotatable bonds is 6. The summed E-state index contributed by atoms with van der Waals surface area (Å²) >= 11 is 0. The highest BCUT2D eigenvalue weighted by Crippen LogP contribution is 2.38. The van der Waals surface area contributed by atoms with Crippen LogP contribution in [0.15, 0.2) is 12.2 Å². The number of aliphatic hydroxyl groups excluding tert-OH is 1. The van der Waals surface area contributed by atoms with Crippen molar-refractivity contribution in [2.75, 3.05) is 6.61 Å². The molecule has 0 aliphatic carbocycles. The first-order valence-corrected chi connectivity index (χ1v) is 10.8. The van der Waals surface area contributed by atoms with Crippen molar-refractivity contribution >= 4 is 14.3 Å². The van der Waals surface area contributed by atoms with E-state index in [1.165, 1.54) is 0 Å². The largest absolute Gasteiger partial charge is 0.464 e. The van der Waals surface area contributed by atoms with E-state index in [1.54, 1.807) is 13.0 Å². The second kappa shape index (κ2) is 7.75. The highest BCUT2D eigenvalue weighted by atomic mass is 28.4. The predicted octanol–water partition coefficient (Wildman–Crippen LogP) is 3.90. The molecule has 0 aromatic rings. The van der Waals surface area contributed by atoms with Gasteiger partial charge < -0.3 is 14.3 Å². The first-order valence-electron chi connectivity index (χ1n) is 7.93. The molecular weight excluding hydrogens is 296 g/mol. The number of carbonyl (C=O) groups is 1. The van der Waals surface area contributed by atoms with Crippen LogP contribution in [-0.4, -0.2) is 38.2 Å². The van der Waals surface area contributed by atoms with Crippen molar-refractivity contribution in [3.05, 3.63) is 12.2 Å². The number of ether oxygens (including phenoxy) is 1. The maximum Gasteiger partial charge on any atom is 0.338 e. The van der Waals surface area contributed by atoms with E-state index in [1.807, 2.05) is 6.08 Å². The van der Waals surface area contributed by atoms with E-state index in [2.05, 4.69) is 54.6 Å². The molecule has 0 saturated heterocycles. The summed E-state index contributed by atoms with van der Waals surface area (Å²) in [5, 5.41) is 10.3. The van der Waals surface area contributed by atoms with Crippen LogP contribution in [0.5, 0.6) is 0 Å². The minimum atomic E-state index is -2.11. The number of carbonyl (C=O) groups excluding carboxylic acids is 1. The number of aliphatic hydroxyl groups is 1. The van der Waals surface area contributed by atoms with E-state index in [0.29, 0.717) is 0 Å². The molecule has 0 unspecified atom stereocenters. The number of esters is 1. The molecular formula is C17H34O4Si. The molecule has 0 aliphatic heterocycles. The van der Waals surface area contributed by atoms with Crippen LogP contribution in [0.3, 0.4) is 0 Å². The zero-order valence-corrected chi connectivity index (χ0v) is 16.7. The molecule has 0 radical (unpaired) electrons. The Bertz CT molecular complexity index is 388. The summed E-state index contributed by atoms with van der Waals surface area (Å²) in [6, 6.07) is 0. The fourth-order valence-electron chi connectivity index (χ4n) is 1.47. The molecule has 5 heteroatoms. The molecule has 0 aromatic heterocycles. The summed E-state index contributed by atoms with van der Waals surface area (Å²) in [6.45, 7) is 18.7. The van der Waals surface area contributed by atoms with E-state index >= 15 is 0 Å².